The van der Waals surface area contributed by atoms with Crippen molar-refractivity contribution in [2.75, 3.05) is 12.4 Å². The van der Waals surface area contributed by atoms with E-state index in [-0.39, 0.29) is 16.7 Å². The molecule has 0 fully saturated rings. The third-order valence-corrected chi connectivity index (χ3v) is 4.96. The van der Waals surface area contributed by atoms with E-state index in [9.17, 15) is 22.4 Å². The number of hydrogen-bond acceptors (Lipinski definition) is 6. The van der Waals surface area contributed by atoms with E-state index in [4.69, 9.17) is 23.2 Å². The first-order valence-corrected chi connectivity index (χ1v) is 9.82. The molecule has 3 rings (SSSR count). The number of ether oxygens (including phenoxy) is 1. The van der Waals surface area contributed by atoms with Crippen molar-refractivity contribution >= 4 is 34.9 Å². The van der Waals surface area contributed by atoms with E-state index in [1.54, 1.807) is 13.0 Å². The molecular formula is C18H15Cl2F4N7O2. The Morgan fingerprint density at radius 3 is 2.48 bits per heavy atom. The number of rotatable bonds is 7. The Labute approximate surface area is 194 Å². The van der Waals surface area contributed by atoms with Crippen LogP contribution in [0.5, 0.6) is 5.75 Å². The van der Waals surface area contributed by atoms with E-state index in [0.717, 1.165) is 12.1 Å². The lowest BCUT2D eigenvalue weighted by Crippen LogP contribution is -2.35. The second-order valence-electron chi connectivity index (χ2n) is 6.52. The molecule has 1 atom stereocenters. The number of carbonyl (C=O) groups is 1. The number of aromatic nitrogens is 5. The van der Waals surface area contributed by atoms with Crippen molar-refractivity contribution in [3.63, 3.8) is 0 Å². The molecule has 2 amide bonds. The first kappa shape index (κ1) is 24.5. The zero-order valence-electron chi connectivity index (χ0n) is 16.9. The first-order valence-electron chi connectivity index (χ1n) is 9.06. The number of amides is 2. The van der Waals surface area contributed by atoms with Crippen LogP contribution in [0.3, 0.4) is 0 Å². The fraction of sp³-hybridized carbons (Fsp3) is 0.278. The smallest absolute Gasteiger partial charge is 0.427 e. The lowest BCUT2D eigenvalue weighted by molar-refractivity contribution is -0.253. The highest BCUT2D eigenvalue weighted by Gasteiger charge is 2.44. The van der Waals surface area contributed by atoms with Crippen LogP contribution in [0.15, 0.2) is 36.9 Å². The van der Waals surface area contributed by atoms with Crippen LogP contribution in [0.2, 0.25) is 10.0 Å². The Morgan fingerprint density at radius 2 is 1.85 bits per heavy atom. The molecule has 0 spiro atoms. The summed E-state index contributed by atoms with van der Waals surface area (Å²) in [7, 11) is 1.43. The van der Waals surface area contributed by atoms with Gasteiger partial charge in [-0.25, -0.2) is 19.7 Å². The van der Waals surface area contributed by atoms with Gasteiger partial charge in [0.1, 0.15) is 12.1 Å². The van der Waals surface area contributed by atoms with Gasteiger partial charge in [-0.1, -0.05) is 23.2 Å². The Balaban J connectivity index is 1.80. The molecule has 0 aliphatic heterocycles. The number of urea groups is 1. The highest BCUT2D eigenvalue weighted by atomic mass is 35.5. The minimum Gasteiger partial charge on any atom is -0.427 e. The van der Waals surface area contributed by atoms with Crippen molar-refractivity contribution in [3.05, 3.63) is 52.8 Å². The second-order valence-corrected chi connectivity index (χ2v) is 7.34. The van der Waals surface area contributed by atoms with Crippen molar-refractivity contribution < 1.29 is 27.1 Å². The molecule has 1 N–H and O–H groups in total. The van der Waals surface area contributed by atoms with Crippen LogP contribution in [0.4, 0.5) is 28.0 Å². The standard InChI is InChI=1S/C18H15Cl2F4N7O2/c1-9(14-27-8-28-31(14)16-25-4-3-5-26-16)30(2)17(32)29-12-7-13(11(20)6-10(12)19)33-18(23,24)15(21)22/h3-9,15H,1-2H3,(H,29,32). The van der Waals surface area contributed by atoms with Gasteiger partial charge in [-0.3, -0.25) is 0 Å². The lowest BCUT2D eigenvalue weighted by atomic mass is 10.2. The zero-order chi connectivity index (χ0) is 24.3. The summed E-state index contributed by atoms with van der Waals surface area (Å²) in [6, 6.07) is 2.01. The molecule has 2 heterocycles. The Morgan fingerprint density at radius 1 is 1.18 bits per heavy atom. The second kappa shape index (κ2) is 9.75. The van der Waals surface area contributed by atoms with E-state index in [2.05, 4.69) is 30.1 Å². The van der Waals surface area contributed by atoms with E-state index in [1.807, 2.05) is 0 Å². The van der Waals surface area contributed by atoms with Crippen molar-refractivity contribution in [3.8, 4) is 11.7 Å². The molecule has 2 aromatic heterocycles. The van der Waals surface area contributed by atoms with Gasteiger partial charge < -0.3 is 15.0 Å². The summed E-state index contributed by atoms with van der Waals surface area (Å²) < 4.78 is 56.9. The van der Waals surface area contributed by atoms with Gasteiger partial charge in [0.25, 0.3) is 5.95 Å². The molecule has 0 radical (unpaired) electrons. The van der Waals surface area contributed by atoms with Crippen LogP contribution in [0.25, 0.3) is 5.95 Å². The molecule has 0 saturated carbocycles. The minimum atomic E-state index is -4.80. The van der Waals surface area contributed by atoms with Gasteiger partial charge in [-0.15, -0.1) is 0 Å². The summed E-state index contributed by atoms with van der Waals surface area (Å²) >= 11 is 11.8. The minimum absolute atomic E-state index is 0.136. The fourth-order valence-corrected chi connectivity index (χ4v) is 3.01. The summed E-state index contributed by atoms with van der Waals surface area (Å²) in [4.78, 5) is 26.3. The van der Waals surface area contributed by atoms with Crippen LogP contribution < -0.4 is 10.1 Å². The van der Waals surface area contributed by atoms with Crippen molar-refractivity contribution in [1.29, 1.82) is 0 Å². The quantitative estimate of drug-likeness (QED) is 0.460. The molecule has 0 aliphatic rings. The molecule has 176 valence electrons. The first-order chi connectivity index (χ1) is 15.5. The number of benzene rings is 1. The van der Waals surface area contributed by atoms with Crippen molar-refractivity contribution in [2.24, 2.45) is 0 Å². The average Bonchev–Trinajstić information content (AvgIpc) is 3.26. The summed E-state index contributed by atoms with van der Waals surface area (Å²) in [5.74, 6) is -0.242. The van der Waals surface area contributed by atoms with Gasteiger partial charge in [-0.2, -0.15) is 27.3 Å². The van der Waals surface area contributed by atoms with Gasteiger partial charge >= 0.3 is 18.6 Å². The van der Waals surface area contributed by atoms with Gasteiger partial charge in [0.05, 0.1) is 21.8 Å². The molecule has 33 heavy (non-hydrogen) atoms. The van der Waals surface area contributed by atoms with Crippen LogP contribution in [-0.2, 0) is 0 Å². The Kier molecular flexibility index (Phi) is 7.22. The maximum Gasteiger partial charge on any atom is 0.461 e. The maximum absolute atomic E-state index is 13.3. The number of nitrogens with zero attached hydrogens (tertiary/aromatic N) is 6. The number of halogens is 6. The van der Waals surface area contributed by atoms with E-state index < -0.39 is 35.4 Å². The number of carbonyl (C=O) groups excluding carboxylic acids is 1. The van der Waals surface area contributed by atoms with Crippen molar-refractivity contribution in [2.45, 2.75) is 25.5 Å². The third kappa shape index (κ3) is 5.42. The van der Waals surface area contributed by atoms with Gasteiger partial charge in [0, 0.05) is 25.5 Å². The summed E-state index contributed by atoms with van der Waals surface area (Å²) in [5.41, 5.74) is -0.196. The predicted molar refractivity (Wildman–Crippen MR) is 110 cm³/mol. The molecule has 1 aromatic carbocycles. The summed E-state index contributed by atoms with van der Waals surface area (Å²) in [6.45, 7) is 1.64. The average molecular weight is 508 g/mol. The molecule has 0 bridgehead atoms. The topological polar surface area (TPSA) is 98.1 Å². The molecule has 0 aliphatic carbocycles. The van der Waals surface area contributed by atoms with Crippen LogP contribution >= 0.6 is 23.2 Å². The Bertz CT molecular complexity index is 1130. The number of hydrogen-bond donors (Lipinski definition) is 1. The fourth-order valence-electron chi connectivity index (χ4n) is 2.54. The molecule has 3 aromatic rings. The Hall–Kier alpha value is -3.19. The van der Waals surface area contributed by atoms with Crippen LogP contribution in [-0.4, -0.2) is 55.2 Å². The molecule has 15 heteroatoms. The number of alkyl halides is 4. The monoisotopic (exact) mass is 507 g/mol. The maximum atomic E-state index is 13.3. The van der Waals surface area contributed by atoms with Crippen LogP contribution in [0.1, 0.15) is 18.8 Å². The van der Waals surface area contributed by atoms with Crippen molar-refractivity contribution in [1.82, 2.24) is 29.6 Å². The SMILES string of the molecule is CC(c1ncnn1-c1ncccn1)N(C)C(=O)Nc1cc(OC(F)(F)C(F)F)c(Cl)cc1Cl. The van der Waals surface area contributed by atoms with E-state index >= 15 is 0 Å². The highest BCUT2D eigenvalue weighted by Crippen LogP contribution is 2.38. The molecule has 1 unspecified atom stereocenters. The van der Waals surface area contributed by atoms with Crippen LogP contribution in [0, 0.1) is 0 Å². The largest absolute Gasteiger partial charge is 0.461 e. The molecule has 9 nitrogen and oxygen atoms in total. The van der Waals surface area contributed by atoms with E-state index in [1.165, 1.54) is 35.4 Å². The van der Waals surface area contributed by atoms with Gasteiger partial charge in [0.15, 0.2) is 5.82 Å². The number of anilines is 1. The third-order valence-electron chi connectivity index (χ3n) is 4.35. The highest BCUT2D eigenvalue weighted by molar-refractivity contribution is 6.37. The molecule has 0 saturated heterocycles. The van der Waals surface area contributed by atoms with Gasteiger partial charge in [-0.05, 0) is 19.1 Å². The molecular weight excluding hydrogens is 493 g/mol. The van der Waals surface area contributed by atoms with E-state index in [0.29, 0.717) is 5.82 Å². The lowest BCUT2D eigenvalue weighted by Gasteiger charge is -2.25. The number of nitrogens with one attached hydrogen (secondary N) is 1. The zero-order valence-corrected chi connectivity index (χ0v) is 18.4. The normalized spacial score (nSPS) is 12.5. The summed E-state index contributed by atoms with van der Waals surface area (Å²) in [5, 5.41) is 5.86. The summed E-state index contributed by atoms with van der Waals surface area (Å²) in [6.07, 6.45) is -4.62. The van der Waals surface area contributed by atoms with Gasteiger partial charge in [0.2, 0.25) is 0 Å². The predicted octanol–water partition coefficient (Wildman–Crippen LogP) is 4.83.